The standard InChI is InChI=1S/C63H100O30/c1-23-35(69)39(73)43(77)54(84-23)92-48-40(74)38(72)29(18-64)85-55(48)90-47-31(87-51-41(75)36(70)27(67)20-81-51)22-83-53(45(47)79)91-49-44(78)46(89-52-42(76)37(71)28(68)21-82-52)30(19-65)86-56(49)93-50-26(66)16-60(6)32(59(50,4)5)11-12-62(8)33(60)10-9-24-25-15-58(2,3)34-17-63(25,57(80)88-34)14-13-61(24,62)7/h9,23,25-56,64-79H,10-22H2,1-8H3/t23-,25-,26+,27-,28+,29+,30+,31+,32-,33+,34-,35-,36-,37-,38+,39+,40-,41+,42+,43+,44-,45+,46+,47-,48+,49+,50-,51-,52-,53-,54-,55-,56-,60-,61+,62+,63+/m0/s1. The van der Waals surface area contributed by atoms with Crippen LogP contribution in [0.3, 0.4) is 0 Å². The number of aliphatic hydroxyl groups excluding tert-OH is 16. The van der Waals surface area contributed by atoms with E-state index in [0.717, 1.165) is 25.7 Å². The molecule has 1 spiro atoms. The number of fused-ring (bicyclic) bond motifs is 7. The number of carbonyl (C=O) groups excluding carboxylic acids is 1. The first-order valence-electron chi connectivity index (χ1n) is 33.1. The third kappa shape index (κ3) is 11.6. The van der Waals surface area contributed by atoms with Gasteiger partial charge in [-0.1, -0.05) is 60.1 Å². The van der Waals surface area contributed by atoms with E-state index >= 15 is 0 Å². The summed E-state index contributed by atoms with van der Waals surface area (Å²) in [5.41, 5.74) is -1.33. The zero-order valence-corrected chi connectivity index (χ0v) is 53.7. The molecule has 30 nitrogen and oxygen atoms in total. The van der Waals surface area contributed by atoms with Crippen LogP contribution in [-0.2, 0) is 66.4 Å². The number of hydrogen-bond acceptors (Lipinski definition) is 30. The highest BCUT2D eigenvalue weighted by atomic mass is 16.8. The molecule has 5 aliphatic carbocycles. The van der Waals surface area contributed by atoms with E-state index in [4.69, 9.17) is 61.6 Å². The van der Waals surface area contributed by atoms with Crippen LogP contribution in [-0.4, -0.2) is 305 Å². The molecule has 12 aliphatic rings. The summed E-state index contributed by atoms with van der Waals surface area (Å²) >= 11 is 0. The van der Waals surface area contributed by atoms with Crippen molar-refractivity contribution in [2.45, 2.75) is 291 Å². The van der Waals surface area contributed by atoms with Gasteiger partial charge in [0.2, 0.25) is 0 Å². The smallest absolute Gasteiger partial charge is 0.313 e. The summed E-state index contributed by atoms with van der Waals surface area (Å²) in [6.07, 6.45) is -43.2. The number of aliphatic hydroxyl groups is 16. The SMILES string of the molecule is C[C@@H]1O[C@@H](O[C@H]2[C@H](O[C@@H]3[C@@H](O)[C@H](O[C@H]4[C@H](O[C@H]5[C@H](O)C[C@]6(C)[C@H]7CC=C8[C@@H]9CC(C)(C)[C@@H]%10C[C@@]9(CC[C@@]8(C)[C@]7(C)CC[C@H]6C5(C)C)C(=O)O%10)O[C@H](CO)[C@@H](O[C@@H]5OC[C@@H](O)[C@H](O)[C@H]5O)[C@@H]4O)OC[C@H]3O[C@@H]3OC[C@H](O)[C@H](O)[C@H]3O)O[C@H](CO)[C@@H](O)[C@@H]2O)[C@H](O)[C@H](O)[C@H]1O. The zero-order chi connectivity index (χ0) is 67.3. The second kappa shape index (κ2) is 25.9. The molecule has 0 unspecified atom stereocenters. The van der Waals surface area contributed by atoms with E-state index in [1.807, 2.05) is 13.8 Å². The average Bonchev–Trinajstić information content (AvgIpc) is 1.60. The second-order valence-corrected chi connectivity index (χ2v) is 30.8. The summed E-state index contributed by atoms with van der Waals surface area (Å²) in [4.78, 5) is 13.9. The Morgan fingerprint density at radius 1 is 0.495 bits per heavy atom. The average molecular weight is 1340 g/mol. The van der Waals surface area contributed by atoms with Gasteiger partial charge in [-0.2, -0.15) is 0 Å². The van der Waals surface area contributed by atoms with Crippen LogP contribution in [0.5, 0.6) is 0 Å². The van der Waals surface area contributed by atoms with E-state index in [1.54, 1.807) is 0 Å². The Balaban J connectivity index is 0.851. The lowest BCUT2D eigenvalue weighted by Gasteiger charge is -2.71. The van der Waals surface area contributed by atoms with Gasteiger partial charge in [-0.25, -0.2) is 0 Å². The Hall–Kier alpha value is -1.91. The maximum absolute atomic E-state index is 13.9. The van der Waals surface area contributed by atoms with Crippen molar-refractivity contribution in [1.29, 1.82) is 0 Å². The normalized spacial score (nSPS) is 56.0. The Labute approximate surface area is 538 Å². The minimum Gasteiger partial charge on any atom is -0.461 e. The molecule has 12 rings (SSSR count). The fourth-order valence-electron chi connectivity index (χ4n) is 19.2. The predicted molar refractivity (Wildman–Crippen MR) is 308 cm³/mol. The lowest BCUT2D eigenvalue weighted by Crippen LogP contribution is -2.69. The number of esters is 1. The predicted octanol–water partition coefficient (Wildman–Crippen LogP) is -4.45. The van der Waals surface area contributed by atoms with Crippen LogP contribution in [0.15, 0.2) is 11.6 Å². The Morgan fingerprint density at radius 3 is 1.71 bits per heavy atom. The maximum atomic E-state index is 13.9. The van der Waals surface area contributed by atoms with Crippen LogP contribution in [0, 0.1) is 50.2 Å². The number of ether oxygens (including phenoxy) is 13. The quantitative estimate of drug-likeness (QED) is 0.0443. The first-order chi connectivity index (χ1) is 43.7. The van der Waals surface area contributed by atoms with Gasteiger partial charge in [-0.05, 0) is 91.3 Å². The van der Waals surface area contributed by atoms with Crippen molar-refractivity contribution >= 4 is 5.97 Å². The van der Waals surface area contributed by atoms with Gasteiger partial charge in [0.15, 0.2) is 37.7 Å². The van der Waals surface area contributed by atoms with E-state index in [0.29, 0.717) is 19.3 Å². The molecule has 532 valence electrons. The molecule has 7 saturated heterocycles. The zero-order valence-electron chi connectivity index (χ0n) is 53.7. The van der Waals surface area contributed by atoms with Crippen molar-refractivity contribution in [3.05, 3.63) is 11.6 Å². The molecule has 37 atom stereocenters. The molecule has 2 bridgehead atoms. The Morgan fingerprint density at radius 2 is 1.05 bits per heavy atom. The minimum atomic E-state index is -2.19. The van der Waals surface area contributed by atoms with Gasteiger partial charge in [-0.3, -0.25) is 4.79 Å². The molecule has 0 aromatic heterocycles. The highest BCUT2D eigenvalue weighted by Gasteiger charge is 2.73. The van der Waals surface area contributed by atoms with Crippen molar-refractivity contribution in [2.75, 3.05) is 33.0 Å². The third-order valence-electron chi connectivity index (χ3n) is 24.8. The molecule has 7 heterocycles. The topological polar surface area (TPSA) is 461 Å². The van der Waals surface area contributed by atoms with E-state index in [1.165, 1.54) is 12.5 Å². The van der Waals surface area contributed by atoms with Gasteiger partial charge in [0.25, 0.3) is 0 Å². The molecule has 30 heteroatoms. The summed E-state index contributed by atoms with van der Waals surface area (Å²) in [6.45, 7) is 13.2. The van der Waals surface area contributed by atoms with Gasteiger partial charge in [-0.15, -0.1) is 0 Å². The van der Waals surface area contributed by atoms with E-state index < -0.39 is 227 Å². The van der Waals surface area contributed by atoms with E-state index in [9.17, 15) is 86.5 Å². The highest BCUT2D eigenvalue weighted by Crippen LogP contribution is 2.77. The summed E-state index contributed by atoms with van der Waals surface area (Å²) in [5, 5.41) is 179. The minimum absolute atomic E-state index is 0.0431. The number of hydrogen-bond donors (Lipinski definition) is 16. The lowest BCUT2D eigenvalue weighted by atomic mass is 9.33. The van der Waals surface area contributed by atoms with Crippen molar-refractivity contribution < 1.29 is 148 Å². The van der Waals surface area contributed by atoms with E-state index in [2.05, 4.69) is 40.7 Å². The molecule has 0 radical (unpaired) electrons. The van der Waals surface area contributed by atoms with E-state index in [-0.39, 0.29) is 52.5 Å². The molecular weight excluding hydrogens is 1240 g/mol. The monoisotopic (exact) mass is 1340 g/mol. The molecule has 16 N–H and O–H groups in total. The van der Waals surface area contributed by atoms with Gasteiger partial charge < -0.3 is 143 Å². The molecule has 11 fully saturated rings. The van der Waals surface area contributed by atoms with Crippen LogP contribution in [0.2, 0.25) is 0 Å². The third-order valence-corrected chi connectivity index (χ3v) is 24.8. The van der Waals surface area contributed by atoms with Crippen LogP contribution in [0.4, 0.5) is 0 Å². The van der Waals surface area contributed by atoms with Gasteiger partial charge in [0.05, 0.1) is 56.8 Å². The van der Waals surface area contributed by atoms with Gasteiger partial charge >= 0.3 is 5.97 Å². The van der Waals surface area contributed by atoms with Gasteiger partial charge in [0.1, 0.15) is 128 Å². The fourth-order valence-corrected chi connectivity index (χ4v) is 19.2. The van der Waals surface area contributed by atoms with Crippen LogP contribution in [0.1, 0.15) is 107 Å². The number of rotatable bonds is 14. The summed E-state index contributed by atoms with van der Waals surface area (Å²) in [6, 6.07) is 0. The molecule has 0 aromatic rings. The Bertz CT molecular complexity index is 2670. The highest BCUT2D eigenvalue weighted by molar-refractivity contribution is 5.81. The van der Waals surface area contributed by atoms with Crippen molar-refractivity contribution in [3.8, 4) is 0 Å². The molecule has 7 aliphatic heterocycles. The van der Waals surface area contributed by atoms with Gasteiger partial charge in [0, 0.05) is 11.8 Å². The summed E-state index contributed by atoms with van der Waals surface area (Å²) < 4.78 is 79.6. The number of allylic oxidation sites excluding steroid dienone is 2. The van der Waals surface area contributed by atoms with Crippen LogP contribution >= 0.6 is 0 Å². The molecule has 4 saturated carbocycles. The first-order valence-corrected chi connectivity index (χ1v) is 33.1. The molecule has 93 heavy (non-hydrogen) atoms. The molecule has 0 amide bonds. The lowest BCUT2D eigenvalue weighted by molar-refractivity contribution is -0.407. The first kappa shape index (κ1) is 70.9. The largest absolute Gasteiger partial charge is 0.461 e. The number of carbonyl (C=O) groups is 1. The fraction of sp³-hybridized carbons (Fsp3) is 0.952. The second-order valence-electron chi connectivity index (χ2n) is 30.8. The Kier molecular flexibility index (Phi) is 19.8. The van der Waals surface area contributed by atoms with Crippen LogP contribution < -0.4 is 0 Å². The molecular formula is C63H100O30. The summed E-state index contributed by atoms with van der Waals surface area (Å²) in [7, 11) is 0. The molecule has 0 aromatic carbocycles. The van der Waals surface area contributed by atoms with Crippen molar-refractivity contribution in [1.82, 2.24) is 0 Å². The summed E-state index contributed by atoms with van der Waals surface area (Å²) in [5.74, 6) is -0.0863. The van der Waals surface area contributed by atoms with Crippen LogP contribution in [0.25, 0.3) is 0 Å². The maximum Gasteiger partial charge on any atom is 0.313 e. The van der Waals surface area contributed by atoms with Crippen molar-refractivity contribution in [2.24, 2.45) is 50.2 Å². The van der Waals surface area contributed by atoms with Crippen molar-refractivity contribution in [3.63, 3.8) is 0 Å².